The van der Waals surface area contributed by atoms with E-state index in [1.165, 1.54) is 48.1 Å². The summed E-state index contributed by atoms with van der Waals surface area (Å²) < 4.78 is 0. The monoisotopic (exact) mass is 375 g/mol. The van der Waals surface area contributed by atoms with Crippen molar-refractivity contribution in [1.29, 1.82) is 0 Å². The fraction of sp³-hybridized carbons (Fsp3) is 0.417. The molecule has 1 atom stereocenters. The van der Waals surface area contributed by atoms with Crippen molar-refractivity contribution in [2.75, 3.05) is 7.05 Å². The Bertz CT molecular complexity index is 896. The maximum absolute atomic E-state index is 12.3. The Morgan fingerprint density at radius 3 is 2.43 bits per heavy atom. The predicted octanol–water partition coefficient (Wildman–Crippen LogP) is 4.79. The first-order valence-electron chi connectivity index (χ1n) is 10.3. The van der Waals surface area contributed by atoms with E-state index in [2.05, 4.69) is 41.4 Å². The quantitative estimate of drug-likeness (QED) is 0.838. The van der Waals surface area contributed by atoms with E-state index in [0.29, 0.717) is 6.42 Å². The summed E-state index contributed by atoms with van der Waals surface area (Å²) in [6, 6.07) is 17.4. The molecule has 4 heteroatoms. The first-order chi connectivity index (χ1) is 13.5. The fourth-order valence-electron chi connectivity index (χ4n) is 4.49. The van der Waals surface area contributed by atoms with Gasteiger partial charge in [-0.2, -0.15) is 0 Å². The largest absolute Gasteiger partial charge is 0.369 e. The highest BCUT2D eigenvalue weighted by Crippen LogP contribution is 2.36. The van der Waals surface area contributed by atoms with Crippen LogP contribution in [0.2, 0.25) is 0 Å². The van der Waals surface area contributed by atoms with Crippen molar-refractivity contribution < 1.29 is 4.79 Å². The van der Waals surface area contributed by atoms with E-state index < -0.39 is 5.54 Å². The lowest BCUT2D eigenvalue weighted by Crippen LogP contribution is -2.47. The maximum Gasteiger partial charge on any atom is 0.231 e. The van der Waals surface area contributed by atoms with Gasteiger partial charge in [0.15, 0.2) is 5.96 Å². The molecular weight excluding hydrogens is 346 g/mol. The molecule has 2 aromatic carbocycles. The van der Waals surface area contributed by atoms with E-state index in [4.69, 9.17) is 5.73 Å². The van der Waals surface area contributed by atoms with Gasteiger partial charge in [0.2, 0.25) is 5.91 Å². The second-order valence-electron chi connectivity index (χ2n) is 8.41. The van der Waals surface area contributed by atoms with Gasteiger partial charge in [-0.15, -0.1) is 0 Å². The number of aliphatic imine (C=N–C) groups is 1. The number of guanidine groups is 1. The SMILES string of the molecule is CN1C(=O)CC(C)(c2cccc(-c3ccc(C4CCCCC4)cc3)c2)N=C1N. The van der Waals surface area contributed by atoms with Gasteiger partial charge in [0.05, 0.1) is 12.0 Å². The summed E-state index contributed by atoms with van der Waals surface area (Å²) in [5.41, 5.74) is 10.2. The Kier molecular flexibility index (Phi) is 4.96. The minimum atomic E-state index is -0.619. The molecule has 0 aromatic heterocycles. The Morgan fingerprint density at radius 2 is 1.75 bits per heavy atom. The molecule has 1 fully saturated rings. The Hall–Kier alpha value is -2.62. The van der Waals surface area contributed by atoms with Gasteiger partial charge in [-0.25, -0.2) is 4.99 Å². The summed E-state index contributed by atoms with van der Waals surface area (Å²) in [6.07, 6.45) is 7.04. The van der Waals surface area contributed by atoms with Crippen LogP contribution in [0.25, 0.3) is 11.1 Å². The second kappa shape index (κ2) is 7.42. The zero-order valence-electron chi connectivity index (χ0n) is 16.8. The predicted molar refractivity (Wildman–Crippen MR) is 114 cm³/mol. The smallest absolute Gasteiger partial charge is 0.231 e. The van der Waals surface area contributed by atoms with Crippen molar-refractivity contribution in [3.63, 3.8) is 0 Å². The third-order valence-electron chi connectivity index (χ3n) is 6.38. The van der Waals surface area contributed by atoms with Crippen molar-refractivity contribution in [3.8, 4) is 11.1 Å². The number of nitrogens with two attached hydrogens (primary N) is 1. The van der Waals surface area contributed by atoms with Gasteiger partial charge in [0, 0.05) is 7.05 Å². The average molecular weight is 376 g/mol. The third kappa shape index (κ3) is 3.56. The highest BCUT2D eigenvalue weighted by molar-refractivity contribution is 5.98. The number of hydrogen-bond acceptors (Lipinski definition) is 3. The number of carbonyl (C=O) groups is 1. The molecular formula is C24H29N3O. The standard InChI is InChI=1S/C24H29N3O/c1-24(16-22(28)27(2)23(25)26-24)21-10-6-9-20(15-21)19-13-11-18(12-14-19)17-7-4-3-5-8-17/h6,9-15,17H,3-5,7-8,16H2,1-2H3,(H2,25,26). The number of amides is 1. The van der Waals surface area contributed by atoms with Gasteiger partial charge < -0.3 is 5.73 Å². The molecule has 0 bridgehead atoms. The van der Waals surface area contributed by atoms with E-state index in [1.807, 2.05) is 19.1 Å². The summed E-state index contributed by atoms with van der Waals surface area (Å²) in [6.45, 7) is 1.98. The van der Waals surface area contributed by atoms with Crippen LogP contribution < -0.4 is 5.73 Å². The van der Waals surface area contributed by atoms with Gasteiger partial charge >= 0.3 is 0 Å². The van der Waals surface area contributed by atoms with Crippen LogP contribution in [-0.4, -0.2) is 23.8 Å². The van der Waals surface area contributed by atoms with Crippen LogP contribution in [0.4, 0.5) is 0 Å². The summed E-state index contributed by atoms with van der Waals surface area (Å²) in [7, 11) is 1.67. The van der Waals surface area contributed by atoms with Crippen LogP contribution in [0.5, 0.6) is 0 Å². The minimum Gasteiger partial charge on any atom is -0.369 e. The lowest BCUT2D eigenvalue weighted by molar-refractivity contribution is -0.128. The number of benzene rings is 2. The van der Waals surface area contributed by atoms with Crippen LogP contribution in [0.15, 0.2) is 53.5 Å². The molecule has 1 saturated carbocycles. The molecule has 0 radical (unpaired) electrons. The molecule has 28 heavy (non-hydrogen) atoms. The molecule has 2 aromatic rings. The van der Waals surface area contributed by atoms with Crippen LogP contribution in [-0.2, 0) is 10.3 Å². The lowest BCUT2D eigenvalue weighted by Gasteiger charge is -2.33. The van der Waals surface area contributed by atoms with Gasteiger partial charge in [0.1, 0.15) is 0 Å². The first-order valence-corrected chi connectivity index (χ1v) is 10.3. The van der Waals surface area contributed by atoms with Gasteiger partial charge in [-0.3, -0.25) is 9.69 Å². The van der Waals surface area contributed by atoms with Crippen LogP contribution in [0.1, 0.15) is 62.5 Å². The van der Waals surface area contributed by atoms with Gasteiger partial charge in [-0.1, -0.05) is 61.7 Å². The molecule has 1 aliphatic carbocycles. The Morgan fingerprint density at radius 1 is 1.04 bits per heavy atom. The zero-order valence-corrected chi connectivity index (χ0v) is 16.8. The molecule has 1 aliphatic heterocycles. The van der Waals surface area contributed by atoms with Crippen LogP contribution in [0, 0.1) is 0 Å². The molecule has 0 spiro atoms. The second-order valence-corrected chi connectivity index (χ2v) is 8.41. The number of rotatable bonds is 3. The highest BCUT2D eigenvalue weighted by Gasteiger charge is 2.36. The van der Waals surface area contributed by atoms with Crippen molar-refractivity contribution in [2.24, 2.45) is 10.7 Å². The van der Waals surface area contributed by atoms with Gasteiger partial charge in [-0.05, 0) is 54.0 Å². The highest BCUT2D eigenvalue weighted by atomic mass is 16.2. The maximum atomic E-state index is 12.3. The van der Waals surface area contributed by atoms with E-state index in [-0.39, 0.29) is 11.9 Å². The van der Waals surface area contributed by atoms with Crippen molar-refractivity contribution >= 4 is 11.9 Å². The topological polar surface area (TPSA) is 58.7 Å². The van der Waals surface area contributed by atoms with Gasteiger partial charge in [0.25, 0.3) is 0 Å². The first kappa shape index (κ1) is 18.7. The number of nitrogens with zero attached hydrogens (tertiary/aromatic N) is 2. The van der Waals surface area contributed by atoms with E-state index in [0.717, 1.165) is 17.0 Å². The summed E-state index contributed by atoms with van der Waals surface area (Å²) in [5, 5.41) is 0. The average Bonchev–Trinajstić information content (AvgIpc) is 2.73. The molecule has 1 amide bonds. The summed E-state index contributed by atoms with van der Waals surface area (Å²) >= 11 is 0. The molecule has 4 rings (SSSR count). The van der Waals surface area contributed by atoms with Crippen LogP contribution in [0.3, 0.4) is 0 Å². The van der Waals surface area contributed by atoms with Crippen molar-refractivity contribution in [3.05, 3.63) is 59.7 Å². The summed E-state index contributed by atoms with van der Waals surface area (Å²) in [4.78, 5) is 18.4. The molecule has 1 unspecified atom stereocenters. The molecule has 4 nitrogen and oxygen atoms in total. The van der Waals surface area contributed by atoms with E-state index >= 15 is 0 Å². The molecule has 2 aliphatic rings. The lowest BCUT2D eigenvalue weighted by atomic mass is 9.83. The fourth-order valence-corrected chi connectivity index (χ4v) is 4.49. The van der Waals surface area contributed by atoms with Crippen LogP contribution >= 0.6 is 0 Å². The van der Waals surface area contributed by atoms with Crippen molar-refractivity contribution in [1.82, 2.24) is 4.90 Å². The third-order valence-corrected chi connectivity index (χ3v) is 6.38. The normalized spacial score (nSPS) is 23.6. The molecule has 0 saturated heterocycles. The number of carbonyl (C=O) groups excluding carboxylic acids is 1. The molecule has 146 valence electrons. The molecule has 1 heterocycles. The van der Waals surface area contributed by atoms with E-state index in [1.54, 1.807) is 7.05 Å². The summed E-state index contributed by atoms with van der Waals surface area (Å²) in [5.74, 6) is 0.994. The zero-order chi connectivity index (χ0) is 19.7. The minimum absolute atomic E-state index is 0.00256. The van der Waals surface area contributed by atoms with Crippen molar-refractivity contribution in [2.45, 2.75) is 56.9 Å². The Labute approximate surface area is 167 Å². The van der Waals surface area contributed by atoms with E-state index in [9.17, 15) is 4.79 Å². The number of hydrogen-bond donors (Lipinski definition) is 1. The Balaban J connectivity index is 1.61. The molecule has 2 N–H and O–H groups in total.